The Morgan fingerprint density at radius 2 is 2.00 bits per heavy atom. The van der Waals surface area contributed by atoms with E-state index in [2.05, 4.69) is 9.71 Å². The number of pyridine rings is 1. The van der Waals surface area contributed by atoms with Gasteiger partial charge in [-0.15, -0.1) is 0 Å². The smallest absolute Gasteiger partial charge is 0.240 e. The Hall–Kier alpha value is -1.38. The largest absolute Gasteiger partial charge is 0.352 e. The maximum Gasteiger partial charge on any atom is 0.240 e. The van der Waals surface area contributed by atoms with E-state index in [0.29, 0.717) is 37.0 Å². The van der Waals surface area contributed by atoms with E-state index in [1.807, 2.05) is 4.90 Å². The molecule has 22 heavy (non-hydrogen) atoms. The van der Waals surface area contributed by atoms with Crippen LogP contribution < -0.4 is 9.62 Å². The van der Waals surface area contributed by atoms with Crippen LogP contribution in [0.5, 0.6) is 0 Å². The van der Waals surface area contributed by atoms with Gasteiger partial charge in [-0.05, 0) is 19.1 Å². The summed E-state index contributed by atoms with van der Waals surface area (Å²) >= 11 is 6.12. The standard InChI is InChI=1S/C13H19ClN4O3S/c1-10(16-22(2,20)21)13(19)18-8-6-17(7-9-18)12-11(14)4-3-5-15-12/h3-5,10,16H,6-9H2,1-2H3. The zero-order valence-electron chi connectivity index (χ0n) is 12.5. The lowest BCUT2D eigenvalue weighted by Crippen LogP contribution is -2.54. The van der Waals surface area contributed by atoms with Gasteiger partial charge in [-0.3, -0.25) is 4.79 Å². The molecule has 1 saturated heterocycles. The quantitative estimate of drug-likeness (QED) is 0.849. The first-order chi connectivity index (χ1) is 10.3. The van der Waals surface area contributed by atoms with Gasteiger partial charge in [-0.1, -0.05) is 11.6 Å². The number of carbonyl (C=O) groups is 1. The molecule has 1 atom stereocenters. The summed E-state index contributed by atoms with van der Waals surface area (Å²) in [6, 6.07) is 2.78. The molecule has 1 amide bonds. The number of carbonyl (C=O) groups excluding carboxylic acids is 1. The van der Waals surface area contributed by atoms with Gasteiger partial charge >= 0.3 is 0 Å². The van der Waals surface area contributed by atoms with Gasteiger partial charge < -0.3 is 9.80 Å². The van der Waals surface area contributed by atoms with E-state index in [9.17, 15) is 13.2 Å². The fourth-order valence-electron chi connectivity index (χ4n) is 2.39. The molecular formula is C13H19ClN4O3S. The molecule has 1 aliphatic rings. The van der Waals surface area contributed by atoms with E-state index < -0.39 is 16.1 Å². The van der Waals surface area contributed by atoms with Crippen molar-refractivity contribution >= 4 is 33.3 Å². The lowest BCUT2D eigenvalue weighted by Gasteiger charge is -2.36. The Labute approximate surface area is 135 Å². The highest BCUT2D eigenvalue weighted by Gasteiger charge is 2.27. The lowest BCUT2D eigenvalue weighted by atomic mass is 10.2. The molecule has 0 radical (unpaired) electrons. The van der Waals surface area contributed by atoms with E-state index in [1.165, 1.54) is 0 Å². The van der Waals surface area contributed by atoms with Crippen molar-refractivity contribution in [3.63, 3.8) is 0 Å². The van der Waals surface area contributed by atoms with Crippen LogP contribution in [0.25, 0.3) is 0 Å². The van der Waals surface area contributed by atoms with E-state index in [4.69, 9.17) is 11.6 Å². The number of hydrogen-bond acceptors (Lipinski definition) is 5. The van der Waals surface area contributed by atoms with E-state index in [-0.39, 0.29) is 5.91 Å². The lowest BCUT2D eigenvalue weighted by molar-refractivity contribution is -0.132. The van der Waals surface area contributed by atoms with Gasteiger partial charge in [0.15, 0.2) is 0 Å². The Bertz CT molecular complexity index is 644. The minimum absolute atomic E-state index is 0.225. The van der Waals surface area contributed by atoms with Crippen molar-refractivity contribution in [1.82, 2.24) is 14.6 Å². The van der Waals surface area contributed by atoms with Gasteiger partial charge in [0.1, 0.15) is 5.82 Å². The van der Waals surface area contributed by atoms with Crippen molar-refractivity contribution in [2.75, 3.05) is 37.3 Å². The number of hydrogen-bond donors (Lipinski definition) is 1. The van der Waals surface area contributed by atoms with Crippen molar-refractivity contribution in [2.24, 2.45) is 0 Å². The van der Waals surface area contributed by atoms with Gasteiger partial charge in [0.25, 0.3) is 0 Å². The molecule has 0 bridgehead atoms. The molecule has 0 saturated carbocycles. The zero-order valence-corrected chi connectivity index (χ0v) is 14.1. The van der Waals surface area contributed by atoms with Crippen LogP contribution >= 0.6 is 11.6 Å². The Morgan fingerprint density at radius 1 is 1.36 bits per heavy atom. The third-order valence-electron chi connectivity index (χ3n) is 3.39. The van der Waals surface area contributed by atoms with Crippen LogP contribution in [0.1, 0.15) is 6.92 Å². The summed E-state index contributed by atoms with van der Waals surface area (Å²) in [7, 11) is -3.40. The summed E-state index contributed by atoms with van der Waals surface area (Å²) in [5, 5.41) is 0.578. The predicted octanol–water partition coefficient (Wildman–Crippen LogP) is 0.321. The number of sulfonamides is 1. The number of piperazine rings is 1. The maximum absolute atomic E-state index is 12.2. The van der Waals surface area contributed by atoms with Gasteiger partial charge in [0, 0.05) is 32.4 Å². The van der Waals surface area contributed by atoms with Crippen molar-refractivity contribution in [1.29, 1.82) is 0 Å². The van der Waals surface area contributed by atoms with Gasteiger partial charge in [0.2, 0.25) is 15.9 Å². The summed E-state index contributed by atoms with van der Waals surface area (Å²) in [6.45, 7) is 3.76. The Morgan fingerprint density at radius 3 is 2.55 bits per heavy atom. The topological polar surface area (TPSA) is 82.6 Å². The van der Waals surface area contributed by atoms with Crippen LogP contribution in [0.3, 0.4) is 0 Å². The number of rotatable bonds is 4. The average molecular weight is 347 g/mol. The van der Waals surface area contributed by atoms with E-state index >= 15 is 0 Å². The summed E-state index contributed by atoms with van der Waals surface area (Å²) in [6.07, 6.45) is 2.72. The third kappa shape index (κ3) is 4.31. The summed E-state index contributed by atoms with van der Waals surface area (Å²) in [5.41, 5.74) is 0. The third-order valence-corrected chi connectivity index (χ3v) is 4.47. The van der Waals surface area contributed by atoms with Gasteiger partial charge in [-0.2, -0.15) is 0 Å². The highest BCUT2D eigenvalue weighted by atomic mass is 35.5. The van der Waals surface area contributed by atoms with Crippen molar-refractivity contribution in [3.8, 4) is 0 Å². The second kappa shape index (κ2) is 6.80. The molecule has 9 heteroatoms. The Kier molecular flexibility index (Phi) is 5.25. The number of amides is 1. The fourth-order valence-corrected chi connectivity index (χ4v) is 3.38. The highest BCUT2D eigenvalue weighted by molar-refractivity contribution is 7.88. The monoisotopic (exact) mass is 346 g/mol. The number of anilines is 1. The van der Waals surface area contributed by atoms with Crippen LogP contribution in [-0.4, -0.2) is 62.7 Å². The zero-order chi connectivity index (χ0) is 16.3. The molecule has 1 aromatic rings. The molecule has 1 aliphatic heterocycles. The first kappa shape index (κ1) is 17.0. The van der Waals surface area contributed by atoms with Gasteiger partial charge in [-0.25, -0.2) is 18.1 Å². The number of nitrogens with zero attached hydrogens (tertiary/aromatic N) is 3. The van der Waals surface area contributed by atoms with Crippen LogP contribution in [0, 0.1) is 0 Å². The van der Waals surface area contributed by atoms with Crippen LogP contribution in [0.4, 0.5) is 5.82 Å². The van der Waals surface area contributed by atoms with Crippen LogP contribution in [0.15, 0.2) is 18.3 Å². The molecule has 7 nitrogen and oxygen atoms in total. The molecule has 1 N–H and O–H groups in total. The van der Waals surface area contributed by atoms with Crippen molar-refractivity contribution in [3.05, 3.63) is 23.4 Å². The second-order valence-corrected chi connectivity index (χ2v) is 7.42. The van der Waals surface area contributed by atoms with E-state index in [0.717, 1.165) is 6.26 Å². The molecular weight excluding hydrogens is 328 g/mol. The fraction of sp³-hybridized carbons (Fsp3) is 0.538. The molecule has 1 fully saturated rings. The molecule has 0 aromatic carbocycles. The average Bonchev–Trinajstić information content (AvgIpc) is 2.45. The molecule has 2 rings (SSSR count). The molecule has 1 aromatic heterocycles. The maximum atomic E-state index is 12.2. The van der Waals surface area contributed by atoms with Crippen molar-refractivity contribution in [2.45, 2.75) is 13.0 Å². The van der Waals surface area contributed by atoms with Crippen LogP contribution in [0.2, 0.25) is 5.02 Å². The number of aromatic nitrogens is 1. The van der Waals surface area contributed by atoms with Crippen LogP contribution in [-0.2, 0) is 14.8 Å². The molecule has 2 heterocycles. The normalized spacial score (nSPS) is 17.4. The SMILES string of the molecule is CC(NS(C)(=O)=O)C(=O)N1CCN(c2ncccc2Cl)CC1. The Balaban J connectivity index is 1.95. The first-order valence-electron chi connectivity index (χ1n) is 6.89. The minimum Gasteiger partial charge on any atom is -0.352 e. The second-order valence-electron chi connectivity index (χ2n) is 5.23. The molecule has 0 spiro atoms. The predicted molar refractivity (Wildman–Crippen MR) is 85.5 cm³/mol. The summed E-state index contributed by atoms with van der Waals surface area (Å²) in [4.78, 5) is 20.1. The number of halogens is 1. The van der Waals surface area contributed by atoms with Crippen molar-refractivity contribution < 1.29 is 13.2 Å². The first-order valence-corrected chi connectivity index (χ1v) is 9.16. The number of nitrogens with one attached hydrogen (secondary N) is 1. The molecule has 122 valence electrons. The van der Waals surface area contributed by atoms with Gasteiger partial charge in [0.05, 0.1) is 17.3 Å². The highest BCUT2D eigenvalue weighted by Crippen LogP contribution is 2.23. The molecule has 0 aliphatic carbocycles. The summed E-state index contributed by atoms with van der Waals surface area (Å²) < 4.78 is 24.7. The minimum atomic E-state index is -3.40. The van der Waals surface area contributed by atoms with E-state index in [1.54, 1.807) is 30.2 Å². The molecule has 1 unspecified atom stereocenters. The summed E-state index contributed by atoms with van der Waals surface area (Å²) in [5.74, 6) is 0.482.